The molecule has 0 spiro atoms. The number of anilines is 1. The lowest BCUT2D eigenvalue weighted by atomic mass is 10.1. The minimum Gasteiger partial charge on any atom is -0.459 e. The van der Waals surface area contributed by atoms with Gasteiger partial charge in [0.25, 0.3) is 11.8 Å². The van der Waals surface area contributed by atoms with E-state index in [1.807, 2.05) is 0 Å². The minimum absolute atomic E-state index is 0.00840. The van der Waals surface area contributed by atoms with Gasteiger partial charge in [0.1, 0.15) is 11.5 Å². The Morgan fingerprint density at radius 2 is 1.70 bits per heavy atom. The average molecular weight is 429 g/mol. The van der Waals surface area contributed by atoms with Crippen molar-refractivity contribution in [3.8, 4) is 0 Å². The van der Waals surface area contributed by atoms with Gasteiger partial charge in [0.15, 0.2) is 5.76 Å². The average Bonchev–Trinajstić information content (AvgIpc) is 3.19. The Bertz CT molecular complexity index is 965. The Morgan fingerprint density at radius 3 is 2.33 bits per heavy atom. The SMILES string of the molecule is O=C(Nc1ccc(Br)cc1)C(=Cc1ccc(F)cc1)NC(=O)c1ccco1. The van der Waals surface area contributed by atoms with Crippen LogP contribution < -0.4 is 10.6 Å². The molecule has 2 N–H and O–H groups in total. The van der Waals surface area contributed by atoms with Crippen molar-refractivity contribution >= 4 is 39.5 Å². The summed E-state index contributed by atoms with van der Waals surface area (Å²) in [6, 6.07) is 15.6. The summed E-state index contributed by atoms with van der Waals surface area (Å²) in [5.41, 5.74) is 1.10. The molecule has 2 aromatic carbocycles. The van der Waals surface area contributed by atoms with Crippen LogP contribution >= 0.6 is 15.9 Å². The van der Waals surface area contributed by atoms with Crippen LogP contribution in [0.2, 0.25) is 0 Å². The number of carbonyl (C=O) groups excluding carboxylic acids is 2. The molecule has 0 bridgehead atoms. The van der Waals surface area contributed by atoms with Crippen molar-refractivity contribution in [1.29, 1.82) is 0 Å². The number of benzene rings is 2. The van der Waals surface area contributed by atoms with Gasteiger partial charge in [0.05, 0.1) is 6.26 Å². The zero-order valence-electron chi connectivity index (χ0n) is 13.9. The number of furan rings is 1. The Balaban J connectivity index is 1.85. The van der Waals surface area contributed by atoms with Crippen molar-refractivity contribution in [2.75, 3.05) is 5.32 Å². The lowest BCUT2D eigenvalue weighted by Crippen LogP contribution is -2.30. The van der Waals surface area contributed by atoms with Crippen molar-refractivity contribution in [1.82, 2.24) is 5.32 Å². The molecule has 0 radical (unpaired) electrons. The highest BCUT2D eigenvalue weighted by molar-refractivity contribution is 9.10. The van der Waals surface area contributed by atoms with Crippen molar-refractivity contribution in [3.05, 3.63) is 94.2 Å². The molecule has 0 aliphatic rings. The van der Waals surface area contributed by atoms with Gasteiger partial charge in [0, 0.05) is 10.2 Å². The fourth-order valence-corrected chi connectivity index (χ4v) is 2.47. The summed E-state index contributed by atoms with van der Waals surface area (Å²) < 4.78 is 19.0. The molecule has 136 valence electrons. The minimum atomic E-state index is -0.570. The van der Waals surface area contributed by atoms with Gasteiger partial charge in [-0.15, -0.1) is 0 Å². The molecule has 0 unspecified atom stereocenters. The molecule has 0 atom stereocenters. The Morgan fingerprint density at radius 1 is 1.00 bits per heavy atom. The summed E-state index contributed by atoms with van der Waals surface area (Å²) in [5, 5.41) is 5.23. The second-order valence-corrected chi connectivity index (χ2v) is 6.42. The normalized spacial score (nSPS) is 11.1. The Hall–Kier alpha value is -3.19. The molecule has 3 rings (SSSR count). The molecule has 1 aromatic heterocycles. The lowest BCUT2D eigenvalue weighted by Gasteiger charge is -2.10. The monoisotopic (exact) mass is 428 g/mol. The summed E-state index contributed by atoms with van der Waals surface area (Å²) in [6.07, 6.45) is 2.81. The fourth-order valence-electron chi connectivity index (χ4n) is 2.21. The van der Waals surface area contributed by atoms with Crippen LogP contribution in [-0.2, 0) is 4.79 Å². The van der Waals surface area contributed by atoms with Crippen molar-refractivity contribution in [2.24, 2.45) is 0 Å². The molecule has 0 saturated heterocycles. The van der Waals surface area contributed by atoms with Crippen LogP contribution in [0.15, 0.2) is 81.5 Å². The van der Waals surface area contributed by atoms with E-state index in [1.165, 1.54) is 42.7 Å². The first-order valence-electron chi connectivity index (χ1n) is 7.90. The summed E-state index contributed by atoms with van der Waals surface area (Å²) in [7, 11) is 0. The van der Waals surface area contributed by atoms with E-state index in [4.69, 9.17) is 4.42 Å². The highest BCUT2D eigenvalue weighted by Crippen LogP contribution is 2.16. The van der Waals surface area contributed by atoms with Gasteiger partial charge in [-0.3, -0.25) is 9.59 Å². The van der Waals surface area contributed by atoms with E-state index < -0.39 is 17.6 Å². The van der Waals surface area contributed by atoms with Crippen molar-refractivity contribution in [2.45, 2.75) is 0 Å². The third kappa shape index (κ3) is 5.15. The predicted molar refractivity (Wildman–Crippen MR) is 103 cm³/mol. The van der Waals surface area contributed by atoms with Crippen LogP contribution in [0, 0.1) is 5.82 Å². The molecule has 5 nitrogen and oxygen atoms in total. The molecule has 7 heteroatoms. The number of carbonyl (C=O) groups is 2. The first-order chi connectivity index (χ1) is 13.0. The Kier molecular flexibility index (Phi) is 5.83. The number of halogens is 2. The fraction of sp³-hybridized carbons (Fsp3) is 0. The first-order valence-corrected chi connectivity index (χ1v) is 8.69. The number of nitrogens with one attached hydrogen (secondary N) is 2. The van der Waals surface area contributed by atoms with E-state index in [0.29, 0.717) is 11.3 Å². The highest BCUT2D eigenvalue weighted by atomic mass is 79.9. The topological polar surface area (TPSA) is 71.3 Å². The Labute approximate surface area is 163 Å². The van der Waals surface area contributed by atoms with E-state index >= 15 is 0 Å². The van der Waals surface area contributed by atoms with Gasteiger partial charge in [-0.05, 0) is 60.2 Å². The van der Waals surface area contributed by atoms with E-state index in [9.17, 15) is 14.0 Å². The molecule has 0 saturated carbocycles. The third-order valence-corrected chi connectivity index (χ3v) is 4.05. The van der Waals surface area contributed by atoms with Gasteiger partial charge >= 0.3 is 0 Å². The number of rotatable bonds is 5. The molecule has 1 heterocycles. The van der Waals surface area contributed by atoms with E-state index in [1.54, 1.807) is 30.3 Å². The maximum absolute atomic E-state index is 13.1. The zero-order chi connectivity index (χ0) is 19.2. The molecule has 27 heavy (non-hydrogen) atoms. The molecule has 0 fully saturated rings. The summed E-state index contributed by atoms with van der Waals surface area (Å²) in [4.78, 5) is 24.9. The van der Waals surface area contributed by atoms with Crippen LogP contribution in [0.25, 0.3) is 6.08 Å². The molecular weight excluding hydrogens is 415 g/mol. The number of amides is 2. The van der Waals surface area contributed by atoms with Crippen LogP contribution in [0.3, 0.4) is 0 Å². The van der Waals surface area contributed by atoms with Gasteiger partial charge < -0.3 is 15.1 Å². The maximum Gasteiger partial charge on any atom is 0.291 e. The summed E-state index contributed by atoms with van der Waals surface area (Å²) in [6.45, 7) is 0. The molecule has 3 aromatic rings. The molecule has 0 aliphatic carbocycles. The third-order valence-electron chi connectivity index (χ3n) is 3.52. The smallest absolute Gasteiger partial charge is 0.291 e. The second-order valence-electron chi connectivity index (χ2n) is 5.50. The van der Waals surface area contributed by atoms with Crippen LogP contribution in [-0.4, -0.2) is 11.8 Å². The quantitative estimate of drug-likeness (QED) is 0.583. The van der Waals surface area contributed by atoms with Gasteiger partial charge in [-0.25, -0.2) is 4.39 Å². The van der Waals surface area contributed by atoms with Gasteiger partial charge in [-0.1, -0.05) is 28.1 Å². The number of hydrogen-bond acceptors (Lipinski definition) is 3. The molecular formula is C20H14BrFN2O3. The van der Waals surface area contributed by atoms with Crippen molar-refractivity contribution < 1.29 is 18.4 Å². The van der Waals surface area contributed by atoms with Crippen LogP contribution in [0.4, 0.5) is 10.1 Å². The van der Waals surface area contributed by atoms with E-state index in [0.717, 1.165) is 4.47 Å². The summed E-state index contributed by atoms with van der Waals surface area (Å²) >= 11 is 3.32. The van der Waals surface area contributed by atoms with Crippen molar-refractivity contribution in [3.63, 3.8) is 0 Å². The number of hydrogen-bond donors (Lipinski definition) is 2. The van der Waals surface area contributed by atoms with Crippen LogP contribution in [0.1, 0.15) is 16.1 Å². The van der Waals surface area contributed by atoms with Crippen LogP contribution in [0.5, 0.6) is 0 Å². The zero-order valence-corrected chi connectivity index (χ0v) is 15.5. The van der Waals surface area contributed by atoms with E-state index in [2.05, 4.69) is 26.6 Å². The summed E-state index contributed by atoms with van der Waals surface area (Å²) in [5.74, 6) is -1.43. The van der Waals surface area contributed by atoms with E-state index in [-0.39, 0.29) is 11.5 Å². The molecule has 0 aliphatic heterocycles. The van der Waals surface area contributed by atoms with Gasteiger partial charge in [0.2, 0.25) is 0 Å². The van der Waals surface area contributed by atoms with Gasteiger partial charge in [-0.2, -0.15) is 0 Å². The second kappa shape index (κ2) is 8.46. The molecule has 2 amide bonds. The lowest BCUT2D eigenvalue weighted by molar-refractivity contribution is -0.113. The predicted octanol–water partition coefficient (Wildman–Crippen LogP) is 4.59. The standard InChI is InChI=1S/C20H14BrFN2O3/c21-14-5-9-16(10-6-14)23-19(25)17(12-13-3-7-15(22)8-4-13)24-20(26)18-2-1-11-27-18/h1-12H,(H,23,25)(H,24,26). The largest absolute Gasteiger partial charge is 0.459 e. The highest BCUT2D eigenvalue weighted by Gasteiger charge is 2.16. The first kappa shape index (κ1) is 18.6. The maximum atomic E-state index is 13.1.